The molecule has 0 radical (unpaired) electrons. The van der Waals surface area contributed by atoms with Gasteiger partial charge in [0, 0.05) is 6.42 Å². The van der Waals surface area contributed by atoms with Gasteiger partial charge in [-0.05, 0) is 71.8 Å². The third-order valence-electron chi connectivity index (χ3n) is 4.87. The Hall–Kier alpha value is -2.13. The van der Waals surface area contributed by atoms with Gasteiger partial charge in [-0.2, -0.15) is 0 Å². The van der Waals surface area contributed by atoms with Gasteiger partial charge in [-0.3, -0.25) is 0 Å². The van der Waals surface area contributed by atoms with Crippen molar-refractivity contribution >= 4 is 6.08 Å². The second-order valence-corrected chi connectivity index (χ2v) is 6.63. The minimum atomic E-state index is -0.116. The largest absolute Gasteiger partial charge is 0.488 e. The zero-order valence-corrected chi connectivity index (χ0v) is 14.1. The maximum atomic E-state index is 14.0. The summed E-state index contributed by atoms with van der Waals surface area (Å²) in [6, 6.07) is 7.63. The van der Waals surface area contributed by atoms with Crippen LogP contribution >= 0.6 is 0 Å². The van der Waals surface area contributed by atoms with Crippen molar-refractivity contribution in [2.24, 2.45) is 0 Å². The predicted molar refractivity (Wildman–Crippen MR) is 93.9 cm³/mol. The van der Waals surface area contributed by atoms with Gasteiger partial charge in [0.25, 0.3) is 0 Å². The van der Waals surface area contributed by atoms with E-state index in [0.717, 1.165) is 46.6 Å². The Kier molecular flexibility index (Phi) is 3.89. The highest BCUT2D eigenvalue weighted by molar-refractivity contribution is 5.83. The van der Waals surface area contributed by atoms with Gasteiger partial charge >= 0.3 is 0 Å². The van der Waals surface area contributed by atoms with E-state index in [0.29, 0.717) is 13.0 Å². The summed E-state index contributed by atoms with van der Waals surface area (Å²) in [4.78, 5) is 0. The van der Waals surface area contributed by atoms with Crippen LogP contribution in [0.25, 0.3) is 17.2 Å². The fourth-order valence-electron chi connectivity index (χ4n) is 3.76. The molecular weight excluding hydrogens is 303 g/mol. The van der Waals surface area contributed by atoms with E-state index in [-0.39, 0.29) is 11.9 Å². The fraction of sp³-hybridized carbons (Fsp3) is 0.333. The summed E-state index contributed by atoms with van der Waals surface area (Å²) in [7, 11) is 0. The van der Waals surface area contributed by atoms with Crippen LogP contribution in [0.4, 0.5) is 4.39 Å². The highest BCUT2D eigenvalue weighted by atomic mass is 19.1. The summed E-state index contributed by atoms with van der Waals surface area (Å²) < 4.78 is 25.4. The first kappa shape index (κ1) is 15.4. The molecule has 0 N–H and O–H groups in total. The number of benzene rings is 2. The van der Waals surface area contributed by atoms with Crippen LogP contribution in [0, 0.1) is 19.7 Å². The lowest BCUT2D eigenvalue weighted by Gasteiger charge is -2.18. The summed E-state index contributed by atoms with van der Waals surface area (Å²) in [5.74, 6) is 0.772. The van der Waals surface area contributed by atoms with Crippen molar-refractivity contribution < 1.29 is 13.9 Å². The highest BCUT2D eigenvalue weighted by Gasteiger charge is 2.20. The lowest BCUT2D eigenvalue weighted by molar-refractivity contribution is 0.141. The van der Waals surface area contributed by atoms with Gasteiger partial charge in [0.2, 0.25) is 0 Å². The van der Waals surface area contributed by atoms with Crippen LogP contribution in [0.3, 0.4) is 0 Å². The first-order valence-corrected chi connectivity index (χ1v) is 8.47. The van der Waals surface area contributed by atoms with Crippen LogP contribution in [-0.2, 0) is 11.2 Å². The molecule has 0 amide bonds. The molecule has 0 unspecified atom stereocenters. The van der Waals surface area contributed by atoms with Crippen molar-refractivity contribution in [3.05, 3.63) is 58.4 Å². The van der Waals surface area contributed by atoms with Crippen LogP contribution in [0.15, 0.2) is 30.3 Å². The van der Waals surface area contributed by atoms with Gasteiger partial charge in [0.05, 0.1) is 13.2 Å². The lowest BCUT2D eigenvalue weighted by atomic mass is 9.90. The van der Waals surface area contributed by atoms with E-state index in [1.807, 2.05) is 18.2 Å². The second-order valence-electron chi connectivity index (χ2n) is 6.63. The van der Waals surface area contributed by atoms with E-state index in [1.165, 1.54) is 5.56 Å². The fourth-order valence-corrected chi connectivity index (χ4v) is 3.76. The van der Waals surface area contributed by atoms with Crippen molar-refractivity contribution in [1.29, 1.82) is 0 Å². The van der Waals surface area contributed by atoms with E-state index in [4.69, 9.17) is 9.47 Å². The normalized spacial score (nSPS) is 18.9. The molecule has 1 atom stereocenters. The second kappa shape index (κ2) is 6.06. The van der Waals surface area contributed by atoms with E-state index in [1.54, 1.807) is 6.07 Å². The molecule has 1 heterocycles. The van der Waals surface area contributed by atoms with E-state index in [9.17, 15) is 4.39 Å². The first-order valence-electron chi connectivity index (χ1n) is 8.47. The van der Waals surface area contributed by atoms with Crippen molar-refractivity contribution in [3.8, 4) is 16.9 Å². The van der Waals surface area contributed by atoms with Gasteiger partial charge < -0.3 is 9.47 Å². The third-order valence-corrected chi connectivity index (χ3v) is 4.87. The van der Waals surface area contributed by atoms with Gasteiger partial charge in [-0.25, -0.2) is 4.39 Å². The summed E-state index contributed by atoms with van der Waals surface area (Å²) in [6.07, 6.45) is 5.83. The summed E-state index contributed by atoms with van der Waals surface area (Å²) >= 11 is 0. The number of fused-ring (bicyclic) bond motifs is 1. The average Bonchev–Trinajstić information content (AvgIpc) is 3.20. The maximum absolute atomic E-state index is 14.0. The molecule has 0 spiro atoms. The van der Waals surface area contributed by atoms with Crippen molar-refractivity contribution in [1.82, 2.24) is 0 Å². The number of allylic oxidation sites excluding steroid dienone is 1. The van der Waals surface area contributed by atoms with Crippen molar-refractivity contribution in [2.45, 2.75) is 32.8 Å². The minimum absolute atomic E-state index is 0.116. The molecule has 3 heteroatoms. The monoisotopic (exact) mass is 324 g/mol. The molecule has 0 bridgehead atoms. The van der Waals surface area contributed by atoms with E-state index in [2.05, 4.69) is 26.0 Å². The molecule has 1 fully saturated rings. The number of rotatable bonds is 3. The zero-order chi connectivity index (χ0) is 16.7. The standard InChI is InChI=1S/C21H21FO2/c1-13-10-16(24-15-8-9-23-12-15)11-14(2)21(13)19-6-7-20(22)18-5-3-4-17(18)19/h3-4,6-7,10-11,15H,5,8-9,12H2,1-2H3/t15-/m1/s1. The Labute approximate surface area is 141 Å². The summed E-state index contributed by atoms with van der Waals surface area (Å²) in [5.41, 5.74) is 6.39. The molecule has 1 saturated heterocycles. The van der Waals surface area contributed by atoms with Crippen LogP contribution in [0.2, 0.25) is 0 Å². The molecule has 2 nitrogen and oxygen atoms in total. The Balaban J connectivity index is 1.74. The number of aryl methyl sites for hydroxylation is 2. The van der Waals surface area contributed by atoms with Crippen LogP contribution in [0.5, 0.6) is 5.75 Å². The Morgan fingerprint density at radius 3 is 2.67 bits per heavy atom. The Morgan fingerprint density at radius 2 is 1.96 bits per heavy atom. The topological polar surface area (TPSA) is 18.5 Å². The molecule has 2 aromatic carbocycles. The predicted octanol–water partition coefficient (Wildman–Crippen LogP) is 4.85. The molecule has 1 aliphatic heterocycles. The van der Waals surface area contributed by atoms with Crippen LogP contribution in [0.1, 0.15) is 28.7 Å². The van der Waals surface area contributed by atoms with Gasteiger partial charge in [0.1, 0.15) is 17.7 Å². The maximum Gasteiger partial charge on any atom is 0.127 e. The van der Waals surface area contributed by atoms with Crippen molar-refractivity contribution in [2.75, 3.05) is 13.2 Å². The van der Waals surface area contributed by atoms with Gasteiger partial charge in [-0.1, -0.05) is 18.2 Å². The zero-order valence-electron chi connectivity index (χ0n) is 14.1. The number of halogens is 1. The Bertz CT molecular complexity index is 794. The minimum Gasteiger partial charge on any atom is -0.488 e. The Morgan fingerprint density at radius 1 is 1.17 bits per heavy atom. The molecular formula is C21H21FO2. The summed E-state index contributed by atoms with van der Waals surface area (Å²) in [6.45, 7) is 5.62. The quantitative estimate of drug-likeness (QED) is 0.804. The van der Waals surface area contributed by atoms with E-state index >= 15 is 0 Å². The first-order chi connectivity index (χ1) is 11.6. The number of hydrogen-bond acceptors (Lipinski definition) is 2. The molecule has 2 aliphatic rings. The number of ether oxygens (including phenoxy) is 2. The van der Waals surface area contributed by atoms with Crippen molar-refractivity contribution in [3.63, 3.8) is 0 Å². The molecule has 4 rings (SSSR count). The number of hydrogen-bond donors (Lipinski definition) is 0. The van der Waals surface area contributed by atoms with Crippen LogP contribution < -0.4 is 4.74 Å². The molecule has 24 heavy (non-hydrogen) atoms. The smallest absolute Gasteiger partial charge is 0.127 e. The van der Waals surface area contributed by atoms with Crippen LogP contribution in [-0.4, -0.2) is 19.3 Å². The summed E-state index contributed by atoms with van der Waals surface area (Å²) in [5, 5.41) is 0. The van der Waals surface area contributed by atoms with E-state index < -0.39 is 0 Å². The SMILES string of the molecule is Cc1cc(O[C@@H]2CCOC2)cc(C)c1-c1ccc(F)c2c1C=CC2. The molecule has 0 saturated carbocycles. The highest BCUT2D eigenvalue weighted by Crippen LogP contribution is 2.38. The molecule has 2 aromatic rings. The molecule has 124 valence electrons. The third kappa shape index (κ3) is 2.63. The average molecular weight is 324 g/mol. The lowest BCUT2D eigenvalue weighted by Crippen LogP contribution is -2.15. The molecule has 0 aromatic heterocycles. The van der Waals surface area contributed by atoms with Gasteiger partial charge in [0.15, 0.2) is 0 Å². The molecule has 1 aliphatic carbocycles. The van der Waals surface area contributed by atoms with Gasteiger partial charge in [-0.15, -0.1) is 0 Å².